The van der Waals surface area contributed by atoms with Gasteiger partial charge in [0.15, 0.2) is 0 Å². The van der Waals surface area contributed by atoms with E-state index in [0.717, 1.165) is 12.1 Å². The van der Waals surface area contributed by atoms with Gasteiger partial charge in [-0.2, -0.15) is 0 Å². The zero-order valence-electron chi connectivity index (χ0n) is 10.2. The minimum atomic E-state index is -0.899. The highest BCUT2D eigenvalue weighted by molar-refractivity contribution is 9.10. The Morgan fingerprint density at radius 2 is 1.83 bits per heavy atom. The van der Waals surface area contributed by atoms with Crippen LogP contribution in [0.15, 0.2) is 16.6 Å². The van der Waals surface area contributed by atoms with Crippen LogP contribution in [0.4, 0.5) is 8.78 Å². The number of hydrogen-bond acceptors (Lipinski definition) is 1. The summed E-state index contributed by atoms with van der Waals surface area (Å²) in [7, 11) is 1.46. The van der Waals surface area contributed by atoms with Crippen LogP contribution < -0.4 is 0 Å². The third-order valence-corrected chi connectivity index (χ3v) is 3.87. The zero-order valence-corrected chi connectivity index (χ0v) is 12.6. The van der Waals surface area contributed by atoms with E-state index in [1.165, 1.54) is 11.9 Å². The molecule has 100 valence electrons. The van der Waals surface area contributed by atoms with Crippen molar-refractivity contribution in [2.45, 2.75) is 19.4 Å². The van der Waals surface area contributed by atoms with Gasteiger partial charge < -0.3 is 4.90 Å². The quantitative estimate of drug-likeness (QED) is 0.766. The normalized spacial score (nSPS) is 11.5. The fourth-order valence-corrected chi connectivity index (χ4v) is 1.86. The molecule has 0 aromatic heterocycles. The third kappa shape index (κ3) is 3.01. The van der Waals surface area contributed by atoms with Crippen LogP contribution in [-0.2, 0) is 0 Å². The molecule has 0 N–H and O–H groups in total. The van der Waals surface area contributed by atoms with Crippen molar-refractivity contribution in [2.75, 3.05) is 12.9 Å². The summed E-state index contributed by atoms with van der Waals surface area (Å²) < 4.78 is 27.6. The van der Waals surface area contributed by atoms with E-state index < -0.39 is 28.6 Å². The van der Waals surface area contributed by atoms with E-state index in [-0.39, 0.29) is 10.4 Å². The van der Waals surface area contributed by atoms with Gasteiger partial charge in [-0.15, -0.1) is 11.6 Å². The fourth-order valence-electron chi connectivity index (χ4n) is 1.28. The van der Waals surface area contributed by atoms with E-state index in [2.05, 4.69) is 15.9 Å². The summed E-state index contributed by atoms with van der Waals surface area (Å²) in [4.78, 5) is 13.3. The van der Waals surface area contributed by atoms with Crippen LogP contribution in [0.25, 0.3) is 0 Å². The predicted molar refractivity (Wildman–Crippen MR) is 71.0 cm³/mol. The lowest BCUT2D eigenvalue weighted by Gasteiger charge is -2.34. The smallest absolute Gasteiger partial charge is 0.260 e. The fraction of sp³-hybridized carbons (Fsp3) is 0.417. The molecule has 0 atom stereocenters. The summed E-state index contributed by atoms with van der Waals surface area (Å²) >= 11 is 8.70. The molecule has 0 aliphatic heterocycles. The number of rotatable bonds is 3. The number of carbonyl (C=O) groups is 1. The van der Waals surface area contributed by atoms with Gasteiger partial charge in [-0.1, -0.05) is 15.9 Å². The minimum absolute atomic E-state index is 0.162. The largest absolute Gasteiger partial charge is 0.335 e. The molecule has 1 aromatic carbocycles. The Hall–Kier alpha value is -0.680. The number of carbonyl (C=O) groups excluding carboxylic acids is 1. The Morgan fingerprint density at radius 1 is 1.39 bits per heavy atom. The van der Waals surface area contributed by atoms with Crippen molar-refractivity contribution < 1.29 is 13.6 Å². The Bertz CT molecular complexity index is 456. The van der Waals surface area contributed by atoms with Gasteiger partial charge in [-0.3, -0.25) is 4.79 Å². The molecule has 6 heteroatoms. The van der Waals surface area contributed by atoms with Gasteiger partial charge in [0, 0.05) is 17.4 Å². The van der Waals surface area contributed by atoms with E-state index >= 15 is 0 Å². The molecule has 0 saturated carbocycles. The second kappa shape index (κ2) is 5.53. The topological polar surface area (TPSA) is 20.3 Å². The Balaban J connectivity index is 3.20. The van der Waals surface area contributed by atoms with Gasteiger partial charge in [0.1, 0.15) is 17.2 Å². The van der Waals surface area contributed by atoms with Crippen molar-refractivity contribution in [1.29, 1.82) is 0 Å². The number of halogens is 4. The molecule has 0 aliphatic carbocycles. The van der Waals surface area contributed by atoms with Crippen molar-refractivity contribution in [3.8, 4) is 0 Å². The molecule has 18 heavy (non-hydrogen) atoms. The Labute approximate surface area is 118 Å². The lowest BCUT2D eigenvalue weighted by molar-refractivity contribution is 0.0650. The molecule has 0 heterocycles. The monoisotopic (exact) mass is 339 g/mol. The average Bonchev–Trinajstić information content (AvgIpc) is 2.26. The van der Waals surface area contributed by atoms with Crippen molar-refractivity contribution >= 4 is 33.4 Å². The predicted octanol–water partition coefficient (Wildman–Crippen LogP) is 3.82. The highest BCUT2D eigenvalue weighted by Gasteiger charge is 2.30. The van der Waals surface area contributed by atoms with Gasteiger partial charge in [0.05, 0.1) is 5.54 Å². The first-order valence-electron chi connectivity index (χ1n) is 5.19. The highest BCUT2D eigenvalue weighted by Crippen LogP contribution is 2.23. The van der Waals surface area contributed by atoms with Crippen LogP contribution in [0, 0.1) is 11.6 Å². The summed E-state index contributed by atoms with van der Waals surface area (Å²) in [5.74, 6) is -2.37. The van der Waals surface area contributed by atoms with Gasteiger partial charge in [0.2, 0.25) is 0 Å². The molecule has 0 bridgehead atoms. The maximum absolute atomic E-state index is 13.7. The number of benzene rings is 1. The van der Waals surface area contributed by atoms with Crippen molar-refractivity contribution in [2.24, 2.45) is 0 Å². The number of hydrogen-bond donors (Lipinski definition) is 0. The lowest BCUT2D eigenvalue weighted by Crippen LogP contribution is -2.46. The molecule has 0 unspecified atom stereocenters. The SMILES string of the molecule is CN(C(=O)c1c(F)cc(Br)cc1F)C(C)(C)CCl. The van der Waals surface area contributed by atoms with Crippen molar-refractivity contribution in [3.63, 3.8) is 0 Å². The van der Waals surface area contributed by atoms with Gasteiger partial charge in [0.25, 0.3) is 5.91 Å². The van der Waals surface area contributed by atoms with Crippen LogP contribution in [0.2, 0.25) is 0 Å². The summed E-state index contributed by atoms with van der Waals surface area (Å²) in [6.45, 7) is 3.43. The second-order valence-electron chi connectivity index (χ2n) is 4.55. The lowest BCUT2D eigenvalue weighted by atomic mass is 10.0. The van der Waals surface area contributed by atoms with E-state index in [9.17, 15) is 13.6 Å². The maximum atomic E-state index is 13.7. The molecule has 2 nitrogen and oxygen atoms in total. The second-order valence-corrected chi connectivity index (χ2v) is 5.74. The first-order chi connectivity index (χ1) is 8.20. The number of amides is 1. The molecule has 1 rings (SSSR count). The van der Waals surface area contributed by atoms with Crippen LogP contribution in [-0.4, -0.2) is 29.3 Å². The van der Waals surface area contributed by atoms with Crippen LogP contribution >= 0.6 is 27.5 Å². The van der Waals surface area contributed by atoms with Gasteiger partial charge >= 0.3 is 0 Å². The highest BCUT2D eigenvalue weighted by atomic mass is 79.9. The number of nitrogens with zero attached hydrogens (tertiary/aromatic N) is 1. The Morgan fingerprint density at radius 3 is 2.22 bits per heavy atom. The first kappa shape index (κ1) is 15.4. The molecule has 0 radical (unpaired) electrons. The first-order valence-corrected chi connectivity index (χ1v) is 6.52. The number of alkyl halides is 1. The standard InChI is InChI=1S/C12H13BrClF2NO/c1-12(2,6-14)17(3)11(18)10-8(15)4-7(13)5-9(10)16/h4-5H,6H2,1-3H3. The molecular formula is C12H13BrClF2NO. The molecule has 0 fully saturated rings. The van der Waals surface area contributed by atoms with E-state index in [1.807, 2.05) is 0 Å². The van der Waals surface area contributed by atoms with Crippen molar-refractivity contribution in [1.82, 2.24) is 4.90 Å². The van der Waals surface area contributed by atoms with Gasteiger partial charge in [-0.25, -0.2) is 8.78 Å². The maximum Gasteiger partial charge on any atom is 0.260 e. The van der Waals surface area contributed by atoms with Crippen LogP contribution in [0.5, 0.6) is 0 Å². The summed E-state index contributed by atoms with van der Waals surface area (Å²) in [6, 6.07) is 2.11. The minimum Gasteiger partial charge on any atom is -0.335 e. The van der Waals surface area contributed by atoms with Crippen LogP contribution in [0.1, 0.15) is 24.2 Å². The molecule has 0 saturated heterocycles. The summed E-state index contributed by atoms with van der Waals surface area (Å²) in [6.07, 6.45) is 0. The Kier molecular flexibility index (Phi) is 4.72. The summed E-state index contributed by atoms with van der Waals surface area (Å²) in [5.41, 5.74) is -1.26. The molecule has 1 amide bonds. The van der Waals surface area contributed by atoms with Gasteiger partial charge in [-0.05, 0) is 26.0 Å². The zero-order chi connectivity index (χ0) is 14.1. The van der Waals surface area contributed by atoms with E-state index in [1.54, 1.807) is 13.8 Å². The molecule has 0 spiro atoms. The summed E-state index contributed by atoms with van der Waals surface area (Å²) in [5, 5.41) is 0. The van der Waals surface area contributed by atoms with Crippen molar-refractivity contribution in [3.05, 3.63) is 33.8 Å². The molecule has 1 aromatic rings. The molecule has 0 aliphatic rings. The van der Waals surface area contributed by atoms with Crippen LogP contribution in [0.3, 0.4) is 0 Å². The third-order valence-electron chi connectivity index (χ3n) is 2.76. The van der Waals surface area contributed by atoms with E-state index in [0.29, 0.717) is 0 Å². The average molecular weight is 341 g/mol. The van der Waals surface area contributed by atoms with E-state index in [4.69, 9.17) is 11.6 Å². The molecular weight excluding hydrogens is 327 g/mol.